The lowest BCUT2D eigenvalue weighted by Gasteiger charge is -2.37. The van der Waals surface area contributed by atoms with Crippen molar-refractivity contribution in [3.8, 4) is 0 Å². The standard InChI is InChI=1S/C11H17F3N2O3S/c1-3-10(17)15-6-4-9(5-7-15)16(20(2,18)19)8-11(12,13)14/h3,9H,1,4-8H2,2H3. The zero-order valence-electron chi connectivity index (χ0n) is 11.1. The number of hydrogen-bond acceptors (Lipinski definition) is 3. The molecule has 9 heteroatoms. The lowest BCUT2D eigenvalue weighted by Crippen LogP contribution is -2.50. The lowest BCUT2D eigenvalue weighted by molar-refractivity contribution is -0.142. The van der Waals surface area contributed by atoms with Crippen LogP contribution in [0.2, 0.25) is 0 Å². The van der Waals surface area contributed by atoms with Crippen molar-refractivity contribution < 1.29 is 26.4 Å². The first-order valence-electron chi connectivity index (χ1n) is 5.99. The molecule has 0 spiro atoms. The van der Waals surface area contributed by atoms with E-state index in [4.69, 9.17) is 0 Å². The van der Waals surface area contributed by atoms with Crippen molar-refractivity contribution in [1.29, 1.82) is 0 Å². The molecule has 0 aliphatic carbocycles. The van der Waals surface area contributed by atoms with Crippen molar-refractivity contribution in [2.45, 2.75) is 25.1 Å². The average Bonchev–Trinajstić information content (AvgIpc) is 2.33. The Balaban J connectivity index is 2.76. The first-order valence-corrected chi connectivity index (χ1v) is 7.84. The number of amides is 1. The summed E-state index contributed by atoms with van der Waals surface area (Å²) in [6.07, 6.45) is -2.33. The van der Waals surface area contributed by atoms with E-state index in [1.54, 1.807) is 0 Å². The van der Waals surface area contributed by atoms with Gasteiger partial charge in [0.25, 0.3) is 0 Å². The molecular formula is C11H17F3N2O3S. The second kappa shape index (κ2) is 6.13. The maximum absolute atomic E-state index is 12.5. The van der Waals surface area contributed by atoms with E-state index in [9.17, 15) is 26.4 Å². The monoisotopic (exact) mass is 314 g/mol. The van der Waals surface area contributed by atoms with Crippen LogP contribution in [0, 0.1) is 0 Å². The minimum atomic E-state index is -4.59. The van der Waals surface area contributed by atoms with Crippen LogP contribution in [0.4, 0.5) is 13.2 Å². The number of rotatable bonds is 4. The largest absolute Gasteiger partial charge is 0.402 e. The number of halogens is 3. The number of hydrogen-bond donors (Lipinski definition) is 0. The van der Waals surface area contributed by atoms with Gasteiger partial charge in [0.15, 0.2) is 0 Å². The summed E-state index contributed by atoms with van der Waals surface area (Å²) in [4.78, 5) is 12.8. The number of carbonyl (C=O) groups excluding carboxylic acids is 1. The van der Waals surface area contributed by atoms with Crippen LogP contribution in [0.25, 0.3) is 0 Å². The van der Waals surface area contributed by atoms with Crippen LogP contribution in [0.5, 0.6) is 0 Å². The van der Waals surface area contributed by atoms with Crippen molar-refractivity contribution >= 4 is 15.9 Å². The molecule has 0 saturated carbocycles. The quantitative estimate of drug-likeness (QED) is 0.727. The Bertz CT molecular complexity index is 468. The first-order chi connectivity index (χ1) is 9.04. The summed E-state index contributed by atoms with van der Waals surface area (Å²) in [6.45, 7) is 2.28. The Morgan fingerprint density at radius 1 is 1.40 bits per heavy atom. The summed E-state index contributed by atoms with van der Waals surface area (Å²) in [6, 6.07) is -0.736. The molecule has 0 aromatic carbocycles. The molecule has 0 radical (unpaired) electrons. The fourth-order valence-corrected chi connectivity index (χ4v) is 3.33. The highest BCUT2D eigenvalue weighted by Gasteiger charge is 2.39. The molecule has 5 nitrogen and oxygen atoms in total. The Kier molecular flexibility index (Phi) is 5.20. The summed E-state index contributed by atoms with van der Waals surface area (Å²) in [5.41, 5.74) is 0. The van der Waals surface area contributed by atoms with Gasteiger partial charge in [0.1, 0.15) is 6.54 Å². The molecule has 1 saturated heterocycles. The third-order valence-electron chi connectivity index (χ3n) is 3.12. The molecule has 1 fully saturated rings. The van der Waals surface area contributed by atoms with Gasteiger partial charge in [-0.25, -0.2) is 8.42 Å². The van der Waals surface area contributed by atoms with Crippen LogP contribution in [-0.2, 0) is 14.8 Å². The fraction of sp³-hybridized carbons (Fsp3) is 0.727. The summed E-state index contributed by atoms with van der Waals surface area (Å²) in [7, 11) is -3.95. The molecule has 1 aliphatic heterocycles. The molecule has 0 unspecified atom stereocenters. The van der Waals surface area contributed by atoms with Gasteiger partial charge in [-0.3, -0.25) is 4.79 Å². The molecule has 1 rings (SSSR count). The van der Waals surface area contributed by atoms with E-state index < -0.39 is 28.8 Å². The summed E-state index contributed by atoms with van der Waals surface area (Å²) >= 11 is 0. The zero-order valence-corrected chi connectivity index (χ0v) is 11.9. The van der Waals surface area contributed by atoms with E-state index in [0.717, 1.165) is 12.3 Å². The van der Waals surface area contributed by atoms with Crippen molar-refractivity contribution in [3.05, 3.63) is 12.7 Å². The van der Waals surface area contributed by atoms with Gasteiger partial charge in [0.2, 0.25) is 15.9 Å². The van der Waals surface area contributed by atoms with Gasteiger partial charge in [0.05, 0.1) is 6.26 Å². The summed E-state index contributed by atoms with van der Waals surface area (Å²) < 4.78 is 60.9. The molecule has 1 aliphatic rings. The Morgan fingerprint density at radius 2 is 1.90 bits per heavy atom. The molecule has 0 aromatic rings. The van der Waals surface area contributed by atoms with Gasteiger partial charge in [-0.15, -0.1) is 0 Å². The Morgan fingerprint density at radius 3 is 2.25 bits per heavy atom. The highest BCUT2D eigenvalue weighted by molar-refractivity contribution is 7.88. The van der Waals surface area contributed by atoms with Crippen LogP contribution < -0.4 is 0 Å². The van der Waals surface area contributed by atoms with Gasteiger partial charge < -0.3 is 4.90 Å². The molecule has 0 aromatic heterocycles. The van der Waals surface area contributed by atoms with Crippen molar-refractivity contribution in [3.63, 3.8) is 0 Å². The van der Waals surface area contributed by atoms with Gasteiger partial charge in [0, 0.05) is 19.1 Å². The van der Waals surface area contributed by atoms with Gasteiger partial charge in [-0.05, 0) is 18.9 Å². The highest BCUT2D eigenvalue weighted by atomic mass is 32.2. The van der Waals surface area contributed by atoms with E-state index >= 15 is 0 Å². The van der Waals surface area contributed by atoms with Crippen molar-refractivity contribution in [2.24, 2.45) is 0 Å². The fourth-order valence-electron chi connectivity index (χ4n) is 2.20. The third kappa shape index (κ3) is 4.78. The van der Waals surface area contributed by atoms with Crippen LogP contribution in [0.15, 0.2) is 12.7 Å². The Hall–Kier alpha value is -1.09. The first kappa shape index (κ1) is 17.0. The molecule has 20 heavy (non-hydrogen) atoms. The number of nitrogens with zero attached hydrogens (tertiary/aromatic N) is 2. The zero-order chi connectivity index (χ0) is 15.6. The molecular weight excluding hydrogens is 297 g/mol. The van der Waals surface area contributed by atoms with Gasteiger partial charge >= 0.3 is 6.18 Å². The lowest BCUT2D eigenvalue weighted by atomic mass is 10.0. The van der Waals surface area contributed by atoms with E-state index in [1.807, 2.05) is 0 Å². The van der Waals surface area contributed by atoms with Crippen LogP contribution >= 0.6 is 0 Å². The maximum atomic E-state index is 12.5. The average molecular weight is 314 g/mol. The van der Waals surface area contributed by atoms with Gasteiger partial charge in [-0.1, -0.05) is 6.58 Å². The van der Waals surface area contributed by atoms with E-state index in [1.165, 1.54) is 4.90 Å². The molecule has 1 amide bonds. The van der Waals surface area contributed by atoms with E-state index in [-0.39, 0.29) is 31.8 Å². The second-order valence-electron chi connectivity index (χ2n) is 4.68. The van der Waals surface area contributed by atoms with Crippen molar-refractivity contribution in [1.82, 2.24) is 9.21 Å². The van der Waals surface area contributed by atoms with E-state index in [2.05, 4.69) is 6.58 Å². The summed E-state index contributed by atoms with van der Waals surface area (Å²) in [5, 5.41) is 0. The normalized spacial score (nSPS) is 18.4. The topological polar surface area (TPSA) is 57.7 Å². The number of likely N-dealkylation sites (tertiary alicyclic amines) is 1. The predicted molar refractivity (Wildman–Crippen MR) is 67.4 cm³/mol. The van der Waals surface area contributed by atoms with Crippen molar-refractivity contribution in [2.75, 3.05) is 25.9 Å². The molecule has 0 bridgehead atoms. The molecule has 1 heterocycles. The summed E-state index contributed by atoms with van der Waals surface area (Å²) in [5.74, 6) is -0.301. The molecule has 0 N–H and O–H groups in total. The third-order valence-corrected chi connectivity index (χ3v) is 4.40. The number of piperidine rings is 1. The maximum Gasteiger partial charge on any atom is 0.402 e. The number of carbonyl (C=O) groups is 1. The van der Waals surface area contributed by atoms with E-state index in [0.29, 0.717) is 4.31 Å². The molecule has 0 atom stereocenters. The Labute approximate surface area is 116 Å². The second-order valence-corrected chi connectivity index (χ2v) is 6.62. The predicted octanol–water partition coefficient (Wildman–Crippen LogP) is 0.987. The van der Waals surface area contributed by atoms with Crippen LogP contribution in [0.3, 0.4) is 0 Å². The van der Waals surface area contributed by atoms with Crippen LogP contribution in [-0.4, -0.2) is 61.6 Å². The SMILES string of the molecule is C=CC(=O)N1CCC(N(CC(F)(F)F)S(C)(=O)=O)CC1. The molecule has 116 valence electrons. The number of sulfonamides is 1. The van der Waals surface area contributed by atoms with Crippen LogP contribution in [0.1, 0.15) is 12.8 Å². The minimum absolute atomic E-state index is 0.183. The highest BCUT2D eigenvalue weighted by Crippen LogP contribution is 2.25. The smallest absolute Gasteiger partial charge is 0.339 e. The number of alkyl halides is 3. The van der Waals surface area contributed by atoms with Gasteiger partial charge in [-0.2, -0.15) is 17.5 Å². The minimum Gasteiger partial charge on any atom is -0.339 e.